The summed E-state index contributed by atoms with van der Waals surface area (Å²) in [7, 11) is 0. The highest BCUT2D eigenvalue weighted by atomic mass is 16.2. The predicted molar refractivity (Wildman–Crippen MR) is 87.3 cm³/mol. The Hall–Kier alpha value is -2.23. The summed E-state index contributed by atoms with van der Waals surface area (Å²) in [6.45, 7) is 4.15. The van der Waals surface area contributed by atoms with Gasteiger partial charge in [0.25, 0.3) is 0 Å². The second kappa shape index (κ2) is 9.66. The van der Waals surface area contributed by atoms with Crippen LogP contribution in [0.5, 0.6) is 0 Å². The molecule has 22 heavy (non-hydrogen) atoms. The van der Waals surface area contributed by atoms with Gasteiger partial charge in [-0.2, -0.15) is 0 Å². The lowest BCUT2D eigenvalue weighted by Crippen LogP contribution is -2.26. The first-order valence-electron chi connectivity index (χ1n) is 7.61. The van der Waals surface area contributed by atoms with E-state index < -0.39 is 0 Å². The van der Waals surface area contributed by atoms with Crippen molar-refractivity contribution in [2.45, 2.75) is 39.5 Å². The van der Waals surface area contributed by atoms with Gasteiger partial charge in [0.1, 0.15) is 0 Å². The van der Waals surface area contributed by atoms with Crippen LogP contribution in [0.1, 0.15) is 39.5 Å². The maximum absolute atomic E-state index is 11.9. The largest absolute Gasteiger partial charge is 0.352 e. The number of hydrogen-bond donors (Lipinski definition) is 1. The zero-order chi connectivity index (χ0) is 16.4. The molecule has 1 aliphatic carbocycles. The Morgan fingerprint density at radius 1 is 1.18 bits per heavy atom. The summed E-state index contributed by atoms with van der Waals surface area (Å²) < 4.78 is 0. The average molecular weight is 301 g/mol. The van der Waals surface area contributed by atoms with Gasteiger partial charge in [0.15, 0.2) is 11.6 Å². The first-order valence-corrected chi connectivity index (χ1v) is 7.61. The minimum Gasteiger partial charge on any atom is -0.352 e. The van der Waals surface area contributed by atoms with Crippen molar-refractivity contribution in [3.05, 3.63) is 47.6 Å². The molecular formula is C18H23NO3. The molecule has 0 heterocycles. The molecule has 0 unspecified atom stereocenters. The van der Waals surface area contributed by atoms with Crippen molar-refractivity contribution in [2.75, 3.05) is 6.54 Å². The summed E-state index contributed by atoms with van der Waals surface area (Å²) in [5.41, 5.74) is 1.30. The Kier molecular flexibility index (Phi) is 7.83. The highest BCUT2D eigenvalue weighted by molar-refractivity contribution is 6.02. The van der Waals surface area contributed by atoms with Crippen molar-refractivity contribution in [1.29, 1.82) is 0 Å². The number of nitrogens with one attached hydrogen (secondary N) is 1. The number of hydrogen-bond acceptors (Lipinski definition) is 3. The molecule has 0 atom stereocenters. The summed E-state index contributed by atoms with van der Waals surface area (Å²) in [5.74, 6) is -0.0328. The number of allylic oxidation sites excluding steroid dienone is 7. The third kappa shape index (κ3) is 6.04. The number of rotatable bonds is 9. The monoisotopic (exact) mass is 301 g/mol. The standard InChI is InChI=1S/C18H23NO3/c1-3-5-6-8-16(20)9-7-12-19-18(22)15-11-10-14(13-15)17(21)4-2/h3,5-6,8,10-11H,4,7,9,12-13H2,1-2H3,(H,19,22). The lowest BCUT2D eigenvalue weighted by Gasteiger charge is -2.06. The molecule has 0 aromatic heterocycles. The Morgan fingerprint density at radius 2 is 1.91 bits per heavy atom. The molecule has 0 bridgehead atoms. The van der Waals surface area contributed by atoms with Gasteiger partial charge < -0.3 is 5.32 Å². The molecule has 0 spiro atoms. The second-order valence-corrected chi connectivity index (χ2v) is 5.05. The third-order valence-corrected chi connectivity index (χ3v) is 3.31. The fraction of sp³-hybridized carbons (Fsp3) is 0.389. The van der Waals surface area contributed by atoms with Gasteiger partial charge in [-0.15, -0.1) is 0 Å². The van der Waals surface area contributed by atoms with Gasteiger partial charge in [-0.25, -0.2) is 0 Å². The molecule has 0 aliphatic heterocycles. The van der Waals surface area contributed by atoms with Crippen LogP contribution in [0.25, 0.3) is 0 Å². The fourth-order valence-electron chi connectivity index (χ4n) is 2.03. The zero-order valence-corrected chi connectivity index (χ0v) is 13.2. The van der Waals surface area contributed by atoms with Crippen LogP contribution in [0.3, 0.4) is 0 Å². The van der Waals surface area contributed by atoms with E-state index in [4.69, 9.17) is 0 Å². The van der Waals surface area contributed by atoms with E-state index in [0.29, 0.717) is 43.4 Å². The fourth-order valence-corrected chi connectivity index (χ4v) is 2.03. The molecule has 1 amide bonds. The molecule has 0 aromatic rings. The molecule has 0 saturated heterocycles. The van der Waals surface area contributed by atoms with E-state index in [1.54, 1.807) is 24.3 Å². The molecule has 0 fully saturated rings. The quantitative estimate of drug-likeness (QED) is 0.404. The van der Waals surface area contributed by atoms with Crippen LogP contribution in [0.4, 0.5) is 0 Å². The summed E-state index contributed by atoms with van der Waals surface area (Å²) in [5, 5.41) is 2.78. The highest BCUT2D eigenvalue weighted by Crippen LogP contribution is 2.20. The predicted octanol–water partition coefficient (Wildman–Crippen LogP) is 2.82. The molecule has 0 radical (unpaired) electrons. The van der Waals surface area contributed by atoms with Gasteiger partial charge in [-0.05, 0) is 25.0 Å². The molecule has 0 saturated carbocycles. The summed E-state index contributed by atoms with van der Waals surface area (Å²) in [6, 6.07) is 0. The number of ketones is 2. The lowest BCUT2D eigenvalue weighted by molar-refractivity contribution is -0.118. The van der Waals surface area contributed by atoms with E-state index in [9.17, 15) is 14.4 Å². The Bertz CT molecular complexity index is 551. The van der Waals surface area contributed by atoms with Crippen molar-refractivity contribution in [1.82, 2.24) is 5.32 Å². The Morgan fingerprint density at radius 3 is 2.59 bits per heavy atom. The van der Waals surface area contributed by atoms with E-state index in [2.05, 4.69) is 5.32 Å². The first kappa shape index (κ1) is 17.8. The van der Waals surface area contributed by atoms with Crippen LogP contribution in [-0.2, 0) is 14.4 Å². The highest BCUT2D eigenvalue weighted by Gasteiger charge is 2.18. The molecule has 1 aliphatic rings. The minimum atomic E-state index is -0.160. The first-order chi connectivity index (χ1) is 10.6. The van der Waals surface area contributed by atoms with Gasteiger partial charge in [0, 0.05) is 31.4 Å². The van der Waals surface area contributed by atoms with Crippen molar-refractivity contribution < 1.29 is 14.4 Å². The van der Waals surface area contributed by atoms with Gasteiger partial charge >= 0.3 is 0 Å². The van der Waals surface area contributed by atoms with Crippen molar-refractivity contribution >= 4 is 17.5 Å². The molecule has 1 rings (SSSR count). The van der Waals surface area contributed by atoms with Gasteiger partial charge in [-0.3, -0.25) is 14.4 Å². The van der Waals surface area contributed by atoms with E-state index in [1.807, 2.05) is 19.9 Å². The van der Waals surface area contributed by atoms with E-state index in [0.717, 1.165) is 0 Å². The van der Waals surface area contributed by atoms with Crippen LogP contribution < -0.4 is 5.32 Å². The van der Waals surface area contributed by atoms with E-state index in [-0.39, 0.29) is 17.5 Å². The average Bonchev–Trinajstić information content (AvgIpc) is 3.01. The maximum atomic E-state index is 11.9. The summed E-state index contributed by atoms with van der Waals surface area (Å²) >= 11 is 0. The van der Waals surface area contributed by atoms with E-state index >= 15 is 0 Å². The Labute approximate surface area is 131 Å². The molecule has 118 valence electrons. The molecular weight excluding hydrogens is 278 g/mol. The number of Topliss-reactive ketones (excluding diaryl/α,β-unsaturated/α-hetero) is 1. The van der Waals surface area contributed by atoms with Crippen LogP contribution in [0, 0.1) is 0 Å². The SMILES string of the molecule is CC=CC=CC(=O)CCCNC(=O)C1=CC=C(C(=O)CC)C1. The molecule has 1 N–H and O–H groups in total. The zero-order valence-electron chi connectivity index (χ0n) is 13.2. The number of carbonyl (C=O) groups excluding carboxylic acids is 3. The van der Waals surface area contributed by atoms with Crippen molar-refractivity contribution in [2.24, 2.45) is 0 Å². The summed E-state index contributed by atoms with van der Waals surface area (Å²) in [6.07, 6.45) is 12.2. The van der Waals surface area contributed by atoms with Crippen molar-refractivity contribution in [3.8, 4) is 0 Å². The van der Waals surface area contributed by atoms with Crippen LogP contribution in [-0.4, -0.2) is 24.0 Å². The molecule has 0 aromatic carbocycles. The summed E-state index contributed by atoms with van der Waals surface area (Å²) in [4.78, 5) is 34.9. The molecule has 4 heteroatoms. The molecule has 4 nitrogen and oxygen atoms in total. The number of amides is 1. The lowest BCUT2D eigenvalue weighted by atomic mass is 10.1. The third-order valence-electron chi connectivity index (χ3n) is 3.31. The Balaban J connectivity index is 2.23. The van der Waals surface area contributed by atoms with E-state index in [1.165, 1.54) is 6.08 Å². The van der Waals surface area contributed by atoms with Crippen LogP contribution in [0.2, 0.25) is 0 Å². The number of carbonyl (C=O) groups is 3. The van der Waals surface area contributed by atoms with Crippen LogP contribution >= 0.6 is 0 Å². The second-order valence-electron chi connectivity index (χ2n) is 5.05. The normalized spacial score (nSPS) is 14.3. The van der Waals surface area contributed by atoms with Gasteiger partial charge in [0.2, 0.25) is 5.91 Å². The van der Waals surface area contributed by atoms with Gasteiger partial charge in [-0.1, -0.05) is 37.3 Å². The maximum Gasteiger partial charge on any atom is 0.247 e. The van der Waals surface area contributed by atoms with Crippen LogP contribution in [0.15, 0.2) is 47.6 Å². The van der Waals surface area contributed by atoms with Gasteiger partial charge in [0.05, 0.1) is 0 Å². The topological polar surface area (TPSA) is 63.2 Å². The minimum absolute atomic E-state index is 0.0462. The van der Waals surface area contributed by atoms with Crippen molar-refractivity contribution in [3.63, 3.8) is 0 Å². The smallest absolute Gasteiger partial charge is 0.247 e.